The van der Waals surface area contributed by atoms with E-state index in [-0.39, 0.29) is 0 Å². The van der Waals surface area contributed by atoms with E-state index in [0.717, 1.165) is 11.4 Å². The van der Waals surface area contributed by atoms with Crippen LogP contribution in [0.15, 0.2) is 36.4 Å². The van der Waals surface area contributed by atoms with Crippen molar-refractivity contribution >= 4 is 86.5 Å². The third-order valence-electron chi connectivity index (χ3n) is 2.53. The first-order valence-electron chi connectivity index (χ1n) is 5.94. The lowest BCUT2D eigenvalue weighted by Gasteiger charge is -2.24. The van der Waals surface area contributed by atoms with Gasteiger partial charge in [0.1, 0.15) is 0 Å². The van der Waals surface area contributed by atoms with Crippen LogP contribution < -0.4 is 10.2 Å². The highest BCUT2D eigenvalue weighted by Gasteiger charge is 2.16. The van der Waals surface area contributed by atoms with Gasteiger partial charge in [-0.2, -0.15) is 0 Å². The first kappa shape index (κ1) is 18.5. The van der Waals surface area contributed by atoms with E-state index in [1.165, 1.54) is 11.4 Å². The van der Waals surface area contributed by atoms with Gasteiger partial charge in [0.2, 0.25) is 0 Å². The van der Waals surface area contributed by atoms with Crippen molar-refractivity contribution < 1.29 is 0 Å². The molecule has 0 aliphatic heterocycles. The van der Waals surface area contributed by atoms with Gasteiger partial charge >= 0.3 is 0 Å². The van der Waals surface area contributed by atoms with Crippen LogP contribution in [-0.4, -0.2) is 6.26 Å². The minimum Gasteiger partial charge on any atom is -0.334 e. The van der Waals surface area contributed by atoms with Gasteiger partial charge in [0, 0.05) is 31.5 Å². The Morgan fingerprint density at radius 2 is 1.09 bits per heavy atom. The molecule has 2 nitrogen and oxygen atoms in total. The van der Waals surface area contributed by atoms with Crippen LogP contribution in [-0.2, 0) is 11.8 Å². The second-order valence-corrected chi connectivity index (χ2v) is 13.0. The van der Waals surface area contributed by atoms with Crippen LogP contribution in [0.4, 0.5) is 11.4 Å². The second kappa shape index (κ2) is 7.85. The van der Waals surface area contributed by atoms with E-state index in [2.05, 4.69) is 10.2 Å². The number of benzene rings is 2. The summed E-state index contributed by atoms with van der Waals surface area (Å²) in [5.41, 5.74) is -0.688. The summed E-state index contributed by atoms with van der Waals surface area (Å²) in [6, 6.07) is 10.4. The van der Waals surface area contributed by atoms with Crippen molar-refractivity contribution in [1.29, 1.82) is 0 Å². The zero-order valence-corrected chi connectivity index (χ0v) is 16.8. The molecule has 0 unspecified atom stereocenters. The average molecular weight is 432 g/mol. The highest BCUT2D eigenvalue weighted by molar-refractivity contribution is 8.71. The fourth-order valence-corrected chi connectivity index (χ4v) is 5.74. The van der Waals surface area contributed by atoms with Gasteiger partial charge in [-0.1, -0.05) is 57.8 Å². The molecule has 0 spiro atoms. The Balaban J connectivity index is 2.26. The van der Waals surface area contributed by atoms with Crippen molar-refractivity contribution in [3.8, 4) is 0 Å². The predicted octanol–water partition coefficient (Wildman–Crippen LogP) is 7.41. The molecule has 2 aromatic carbocycles. The molecular weight excluding hydrogens is 421 g/mol. The van der Waals surface area contributed by atoms with Crippen molar-refractivity contribution in [2.24, 2.45) is 0 Å². The zero-order valence-electron chi connectivity index (χ0n) is 11.2. The maximum atomic E-state index is 6.02. The third kappa shape index (κ3) is 5.38. The van der Waals surface area contributed by atoms with Gasteiger partial charge in [-0.05, 0) is 54.5 Å². The smallest absolute Gasteiger partial charge is 0.174 e. The normalized spacial score (nSPS) is 11.3. The monoisotopic (exact) mass is 430 g/mol. The van der Waals surface area contributed by atoms with Crippen molar-refractivity contribution in [1.82, 2.24) is 0 Å². The van der Waals surface area contributed by atoms with E-state index in [4.69, 9.17) is 58.2 Å². The molecule has 2 rings (SSSR count). The Morgan fingerprint density at radius 3 is 1.36 bits per heavy atom. The molecular formula is C13H11Cl4N2PS2. The lowest BCUT2D eigenvalue weighted by Crippen LogP contribution is -2.03. The lowest BCUT2D eigenvalue weighted by atomic mass is 10.3. The molecule has 0 amide bonds. The minimum absolute atomic E-state index is 0.545. The van der Waals surface area contributed by atoms with Gasteiger partial charge in [-0.3, -0.25) is 0 Å². The molecule has 0 saturated carbocycles. The fraction of sp³-hybridized carbons (Fsp3) is 0.0769. The van der Waals surface area contributed by atoms with E-state index in [1.54, 1.807) is 36.4 Å². The summed E-state index contributed by atoms with van der Waals surface area (Å²) in [7, 11) is 0. The first-order chi connectivity index (χ1) is 10.3. The molecule has 0 bridgehead atoms. The molecule has 0 aliphatic carbocycles. The largest absolute Gasteiger partial charge is 0.334 e. The molecule has 9 heteroatoms. The number of nitrogens with one attached hydrogen (secondary N) is 2. The summed E-state index contributed by atoms with van der Waals surface area (Å²) in [6.45, 7) is 0. The van der Waals surface area contributed by atoms with Gasteiger partial charge in [0.15, 0.2) is 5.54 Å². The number of hydrogen-bond donors (Lipinski definition) is 2. The number of hydrogen-bond acceptors (Lipinski definition) is 2. The lowest BCUT2D eigenvalue weighted by molar-refractivity contribution is 1.64. The number of anilines is 2. The number of rotatable bonds is 5. The Hall–Kier alpha value is 0.200. The summed E-state index contributed by atoms with van der Waals surface area (Å²) in [5, 5.41) is 8.77. The van der Waals surface area contributed by atoms with Crippen molar-refractivity contribution in [2.75, 3.05) is 16.4 Å². The van der Waals surface area contributed by atoms with Gasteiger partial charge in [-0.25, -0.2) is 0 Å². The Morgan fingerprint density at radius 1 is 0.773 bits per heavy atom. The van der Waals surface area contributed by atoms with Crippen LogP contribution in [0.1, 0.15) is 0 Å². The maximum Gasteiger partial charge on any atom is 0.174 e. The summed E-state index contributed by atoms with van der Waals surface area (Å²) in [4.78, 5) is 0. The molecule has 0 saturated heterocycles. The van der Waals surface area contributed by atoms with Gasteiger partial charge in [0.25, 0.3) is 0 Å². The number of halogens is 4. The molecule has 0 fully saturated rings. The first-order valence-corrected chi connectivity index (χ1v) is 12.1. The van der Waals surface area contributed by atoms with Crippen molar-refractivity contribution in [2.45, 2.75) is 0 Å². The molecule has 0 radical (unpaired) electrons. The van der Waals surface area contributed by atoms with Crippen molar-refractivity contribution in [3.63, 3.8) is 0 Å². The standard InChI is InChI=1S/C13H11Cl4N2PS2/c1-22-20(21,18-12-4-8(14)2-9(15)5-12)19-13-6-10(16)3-11(17)7-13/h2-7H,1H3,(H2,18,19,21). The Labute approximate surface area is 158 Å². The van der Waals surface area contributed by atoms with Gasteiger partial charge in [-0.15, -0.1) is 0 Å². The Bertz CT molecular complexity index is 644. The summed E-state index contributed by atoms with van der Waals surface area (Å²) >= 11 is 31.3. The average Bonchev–Trinajstić information content (AvgIpc) is 2.35. The van der Waals surface area contributed by atoms with Gasteiger partial charge in [0.05, 0.1) is 0 Å². The van der Waals surface area contributed by atoms with E-state index in [9.17, 15) is 0 Å². The van der Waals surface area contributed by atoms with Crippen LogP contribution in [0.25, 0.3) is 0 Å². The molecule has 0 aliphatic rings. The van der Waals surface area contributed by atoms with Gasteiger partial charge < -0.3 is 10.2 Å². The third-order valence-corrected chi connectivity index (χ3v) is 9.01. The fourth-order valence-electron chi connectivity index (χ4n) is 1.70. The molecule has 118 valence electrons. The van der Waals surface area contributed by atoms with Crippen LogP contribution >= 0.6 is 63.3 Å². The zero-order chi connectivity index (χ0) is 16.3. The molecule has 0 heterocycles. The molecule has 0 aromatic heterocycles. The molecule has 0 atom stereocenters. The second-order valence-electron chi connectivity index (χ2n) is 4.27. The Kier molecular flexibility index (Phi) is 6.61. The summed E-state index contributed by atoms with van der Waals surface area (Å²) in [6.07, 6.45) is 1.93. The van der Waals surface area contributed by atoms with E-state index >= 15 is 0 Å². The van der Waals surface area contributed by atoms with E-state index in [0.29, 0.717) is 20.1 Å². The van der Waals surface area contributed by atoms with Crippen LogP contribution in [0.3, 0.4) is 0 Å². The quantitative estimate of drug-likeness (QED) is 0.481. The van der Waals surface area contributed by atoms with E-state index < -0.39 is 5.54 Å². The van der Waals surface area contributed by atoms with E-state index in [1.807, 2.05) is 6.26 Å². The van der Waals surface area contributed by atoms with Crippen LogP contribution in [0.5, 0.6) is 0 Å². The maximum absolute atomic E-state index is 6.02. The molecule has 2 N–H and O–H groups in total. The van der Waals surface area contributed by atoms with Crippen molar-refractivity contribution in [3.05, 3.63) is 56.5 Å². The highest BCUT2D eigenvalue weighted by Crippen LogP contribution is 2.56. The molecule has 2 aromatic rings. The predicted molar refractivity (Wildman–Crippen MR) is 108 cm³/mol. The summed E-state index contributed by atoms with van der Waals surface area (Å²) in [5.74, 6) is 0. The van der Waals surface area contributed by atoms with Crippen LogP contribution in [0.2, 0.25) is 20.1 Å². The molecule has 22 heavy (non-hydrogen) atoms. The highest BCUT2D eigenvalue weighted by atomic mass is 35.5. The minimum atomic E-state index is -2.21. The van der Waals surface area contributed by atoms with Crippen LogP contribution in [0, 0.1) is 0 Å². The topological polar surface area (TPSA) is 24.1 Å². The summed E-state index contributed by atoms with van der Waals surface area (Å²) < 4.78 is 0. The SMILES string of the molecule is CSP(=S)(Nc1cc(Cl)cc(Cl)c1)Nc1cc(Cl)cc(Cl)c1.